The van der Waals surface area contributed by atoms with E-state index < -0.39 is 5.97 Å². The van der Waals surface area contributed by atoms with Gasteiger partial charge in [-0.1, -0.05) is 19.8 Å². The molecule has 2 rings (SSSR count). The molecule has 2 saturated carbocycles. The molecular weight excluding hydrogens is 176 g/mol. The zero-order valence-electron chi connectivity index (χ0n) is 8.96. The van der Waals surface area contributed by atoms with Crippen LogP contribution in [0.15, 0.2) is 0 Å². The van der Waals surface area contributed by atoms with Crippen molar-refractivity contribution in [1.82, 2.24) is 0 Å². The summed E-state index contributed by atoms with van der Waals surface area (Å²) in [4.78, 5) is 10.9. The first kappa shape index (κ1) is 10.0. The van der Waals surface area contributed by atoms with E-state index in [-0.39, 0.29) is 5.41 Å². The predicted molar refractivity (Wildman–Crippen MR) is 55.0 cm³/mol. The maximum absolute atomic E-state index is 10.9. The molecule has 80 valence electrons. The van der Waals surface area contributed by atoms with Crippen LogP contribution in [0.5, 0.6) is 0 Å². The zero-order chi connectivity index (χ0) is 10.2. The normalized spacial score (nSPS) is 38.2. The molecule has 0 atom stereocenters. The Kier molecular flexibility index (Phi) is 2.54. The summed E-state index contributed by atoms with van der Waals surface area (Å²) < 4.78 is 0. The van der Waals surface area contributed by atoms with Crippen molar-refractivity contribution in [2.24, 2.45) is 17.3 Å². The molecular formula is C12H20O2. The van der Waals surface area contributed by atoms with Gasteiger partial charge in [-0.15, -0.1) is 0 Å². The van der Waals surface area contributed by atoms with Crippen LogP contribution in [0.4, 0.5) is 0 Å². The van der Waals surface area contributed by atoms with Crippen LogP contribution >= 0.6 is 0 Å². The van der Waals surface area contributed by atoms with Gasteiger partial charge in [0.2, 0.25) is 0 Å². The Bertz CT molecular complexity index is 222. The van der Waals surface area contributed by atoms with Gasteiger partial charge in [0.1, 0.15) is 0 Å². The van der Waals surface area contributed by atoms with E-state index in [1.54, 1.807) is 0 Å². The molecule has 0 aliphatic heterocycles. The minimum Gasteiger partial charge on any atom is -0.481 e. The van der Waals surface area contributed by atoms with Crippen molar-refractivity contribution < 1.29 is 9.90 Å². The molecule has 0 radical (unpaired) electrons. The van der Waals surface area contributed by atoms with Crippen LogP contribution in [0, 0.1) is 17.3 Å². The number of carbonyl (C=O) groups is 1. The molecule has 0 heterocycles. The van der Waals surface area contributed by atoms with Gasteiger partial charge in [-0.05, 0) is 42.9 Å². The second-order valence-corrected chi connectivity index (χ2v) is 5.39. The fraction of sp³-hybridized carbons (Fsp3) is 0.917. The van der Waals surface area contributed by atoms with Crippen molar-refractivity contribution in [3.05, 3.63) is 0 Å². The Balaban J connectivity index is 2.02. The van der Waals surface area contributed by atoms with Crippen LogP contribution in [0.25, 0.3) is 0 Å². The highest BCUT2D eigenvalue weighted by atomic mass is 16.4. The van der Waals surface area contributed by atoms with Crippen LogP contribution in [0.1, 0.15) is 51.9 Å². The number of carboxylic acids is 1. The molecule has 14 heavy (non-hydrogen) atoms. The summed E-state index contributed by atoms with van der Waals surface area (Å²) in [5.74, 6) is 0.966. The Morgan fingerprint density at radius 2 is 1.86 bits per heavy atom. The topological polar surface area (TPSA) is 37.3 Å². The molecule has 0 saturated heterocycles. The number of hydrogen-bond donors (Lipinski definition) is 1. The van der Waals surface area contributed by atoms with Gasteiger partial charge >= 0.3 is 5.97 Å². The molecule has 0 amide bonds. The average molecular weight is 196 g/mol. The van der Waals surface area contributed by atoms with Crippen molar-refractivity contribution >= 4 is 5.97 Å². The highest BCUT2D eigenvalue weighted by Gasteiger charge is 2.47. The summed E-state index contributed by atoms with van der Waals surface area (Å²) in [6.45, 7) is 2.29. The molecule has 0 aromatic carbocycles. The van der Waals surface area contributed by atoms with Crippen molar-refractivity contribution in [2.45, 2.75) is 51.9 Å². The van der Waals surface area contributed by atoms with Gasteiger partial charge < -0.3 is 5.11 Å². The number of rotatable bonds is 3. The number of carboxylic acid groups (broad SMARTS) is 1. The molecule has 2 aliphatic carbocycles. The van der Waals surface area contributed by atoms with E-state index in [1.807, 2.05) is 0 Å². The molecule has 2 aliphatic rings. The van der Waals surface area contributed by atoms with Crippen molar-refractivity contribution in [2.75, 3.05) is 0 Å². The second kappa shape index (κ2) is 3.56. The van der Waals surface area contributed by atoms with Crippen LogP contribution in [-0.4, -0.2) is 11.1 Å². The first-order valence-electron chi connectivity index (χ1n) is 5.84. The zero-order valence-corrected chi connectivity index (χ0v) is 8.96. The third kappa shape index (κ3) is 1.94. The summed E-state index contributed by atoms with van der Waals surface area (Å²) in [6.07, 6.45) is 7.78. The summed E-state index contributed by atoms with van der Waals surface area (Å²) in [5.41, 5.74) is 0.193. The molecule has 0 aromatic rings. The number of hydrogen-bond acceptors (Lipinski definition) is 1. The Labute approximate surface area is 85.7 Å². The van der Waals surface area contributed by atoms with Gasteiger partial charge in [-0.25, -0.2) is 0 Å². The SMILES string of the molecule is CC1CCC(CC(=O)O)(C2CC2)CC1. The minimum absolute atomic E-state index is 0.193. The van der Waals surface area contributed by atoms with E-state index in [2.05, 4.69) is 6.92 Å². The largest absolute Gasteiger partial charge is 0.481 e. The van der Waals surface area contributed by atoms with Gasteiger partial charge in [-0.2, -0.15) is 0 Å². The third-order valence-corrected chi connectivity index (χ3v) is 4.22. The highest BCUT2D eigenvalue weighted by Crippen LogP contribution is 2.56. The average Bonchev–Trinajstić information content (AvgIpc) is 2.91. The van der Waals surface area contributed by atoms with E-state index in [0.717, 1.165) is 24.7 Å². The molecule has 0 aromatic heterocycles. The van der Waals surface area contributed by atoms with Crippen molar-refractivity contribution in [1.29, 1.82) is 0 Å². The molecule has 2 heteroatoms. The summed E-state index contributed by atoms with van der Waals surface area (Å²) in [6, 6.07) is 0. The molecule has 0 spiro atoms. The van der Waals surface area contributed by atoms with E-state index in [1.165, 1.54) is 25.7 Å². The third-order valence-electron chi connectivity index (χ3n) is 4.22. The standard InChI is InChI=1S/C12H20O2/c1-9-4-6-12(7-5-9,8-11(13)14)10-2-3-10/h9-10H,2-8H2,1H3,(H,13,14). The van der Waals surface area contributed by atoms with Crippen molar-refractivity contribution in [3.8, 4) is 0 Å². The van der Waals surface area contributed by atoms with Crippen LogP contribution < -0.4 is 0 Å². The van der Waals surface area contributed by atoms with E-state index in [9.17, 15) is 4.79 Å². The van der Waals surface area contributed by atoms with Gasteiger partial charge in [0, 0.05) is 0 Å². The highest BCUT2D eigenvalue weighted by molar-refractivity contribution is 5.67. The Hall–Kier alpha value is -0.530. The van der Waals surface area contributed by atoms with E-state index >= 15 is 0 Å². The maximum Gasteiger partial charge on any atom is 0.303 e. The summed E-state index contributed by atoms with van der Waals surface area (Å²) in [5, 5.41) is 8.97. The lowest BCUT2D eigenvalue weighted by Gasteiger charge is -2.38. The first-order valence-corrected chi connectivity index (χ1v) is 5.84. The molecule has 2 nitrogen and oxygen atoms in total. The quantitative estimate of drug-likeness (QED) is 0.753. The van der Waals surface area contributed by atoms with Gasteiger partial charge in [0.15, 0.2) is 0 Å². The monoisotopic (exact) mass is 196 g/mol. The molecule has 0 bridgehead atoms. The number of aliphatic carboxylic acids is 1. The maximum atomic E-state index is 10.9. The minimum atomic E-state index is -0.591. The second-order valence-electron chi connectivity index (χ2n) is 5.39. The van der Waals surface area contributed by atoms with Crippen LogP contribution in [0.2, 0.25) is 0 Å². The van der Waals surface area contributed by atoms with Gasteiger partial charge in [0.25, 0.3) is 0 Å². The Morgan fingerprint density at radius 1 is 1.29 bits per heavy atom. The van der Waals surface area contributed by atoms with Crippen molar-refractivity contribution in [3.63, 3.8) is 0 Å². The van der Waals surface area contributed by atoms with Crippen LogP contribution in [0.3, 0.4) is 0 Å². The van der Waals surface area contributed by atoms with E-state index in [0.29, 0.717) is 6.42 Å². The van der Waals surface area contributed by atoms with Crippen LogP contribution in [-0.2, 0) is 4.79 Å². The first-order chi connectivity index (χ1) is 6.62. The fourth-order valence-corrected chi connectivity index (χ4v) is 3.06. The Morgan fingerprint density at radius 3 is 2.29 bits per heavy atom. The molecule has 1 N–H and O–H groups in total. The molecule has 0 unspecified atom stereocenters. The lowest BCUT2D eigenvalue weighted by Crippen LogP contribution is -2.31. The summed E-state index contributed by atoms with van der Waals surface area (Å²) >= 11 is 0. The van der Waals surface area contributed by atoms with Gasteiger partial charge in [0.05, 0.1) is 6.42 Å². The smallest absolute Gasteiger partial charge is 0.303 e. The predicted octanol–water partition coefficient (Wildman–Crippen LogP) is 3.07. The van der Waals surface area contributed by atoms with E-state index in [4.69, 9.17) is 5.11 Å². The fourth-order valence-electron chi connectivity index (χ4n) is 3.06. The molecule has 2 fully saturated rings. The van der Waals surface area contributed by atoms with Gasteiger partial charge in [-0.3, -0.25) is 4.79 Å². The lowest BCUT2D eigenvalue weighted by molar-refractivity contribution is -0.141. The summed E-state index contributed by atoms with van der Waals surface area (Å²) in [7, 11) is 0. The lowest BCUT2D eigenvalue weighted by atomic mass is 9.66.